The van der Waals surface area contributed by atoms with Gasteiger partial charge in [-0.25, -0.2) is 4.39 Å². The lowest BCUT2D eigenvalue weighted by Crippen LogP contribution is -2.44. The van der Waals surface area contributed by atoms with E-state index in [1.807, 2.05) is 0 Å². The number of carbonyl (C=O) groups excluding carboxylic acids is 2. The third-order valence-corrected chi connectivity index (χ3v) is 5.24. The van der Waals surface area contributed by atoms with Gasteiger partial charge in [-0.3, -0.25) is 9.59 Å². The summed E-state index contributed by atoms with van der Waals surface area (Å²) in [5.41, 5.74) is -1.55. The van der Waals surface area contributed by atoms with Crippen LogP contribution >= 0.6 is 0 Å². The fourth-order valence-electron chi connectivity index (χ4n) is 3.42. The van der Waals surface area contributed by atoms with Crippen LogP contribution < -0.4 is 10.6 Å². The number of hydrogen-bond acceptors (Lipinski definition) is 3. The highest BCUT2D eigenvalue weighted by molar-refractivity contribution is 5.94. The van der Waals surface area contributed by atoms with Crippen LogP contribution in [0.3, 0.4) is 0 Å². The topological polar surface area (TPSA) is 61.4 Å². The third-order valence-electron chi connectivity index (χ3n) is 5.24. The zero-order chi connectivity index (χ0) is 22.1. The van der Waals surface area contributed by atoms with Gasteiger partial charge < -0.3 is 15.5 Å². The Balaban J connectivity index is 1.75. The number of amides is 2. The second-order valence-electron chi connectivity index (χ2n) is 7.64. The van der Waals surface area contributed by atoms with Gasteiger partial charge in [0.2, 0.25) is 5.91 Å². The number of halogens is 4. The molecule has 9 heteroatoms. The van der Waals surface area contributed by atoms with Crippen LogP contribution in [0, 0.1) is 11.7 Å². The Morgan fingerprint density at radius 1 is 1.13 bits per heavy atom. The first-order valence-electron chi connectivity index (χ1n) is 10.3. The fraction of sp³-hybridized carbons (Fsp3) is 0.619. The standard InChI is InChI=1S/C21H29F4N3O2/c1-2-3-4-7-26-14-19(29)28-8-5-15(6-9-28)13-27-20(30)16-10-17(21(23,24)25)12-18(22)11-16/h10-12,15,26H,2-9,13-14H2,1H3,(H,27,30). The highest BCUT2D eigenvalue weighted by atomic mass is 19.4. The van der Waals surface area contributed by atoms with Gasteiger partial charge in [-0.1, -0.05) is 19.8 Å². The Bertz CT molecular complexity index is 717. The van der Waals surface area contributed by atoms with E-state index in [2.05, 4.69) is 17.6 Å². The summed E-state index contributed by atoms with van der Waals surface area (Å²) in [6.07, 6.45) is -0.0336. The summed E-state index contributed by atoms with van der Waals surface area (Å²) in [7, 11) is 0. The normalized spacial score (nSPS) is 15.3. The number of alkyl halides is 3. The lowest BCUT2D eigenvalue weighted by molar-refractivity contribution is -0.137. The van der Waals surface area contributed by atoms with Crippen LogP contribution in [0.2, 0.25) is 0 Å². The summed E-state index contributed by atoms with van der Waals surface area (Å²) in [5.74, 6) is -1.68. The molecule has 1 aromatic carbocycles. The first-order chi connectivity index (χ1) is 14.2. The molecule has 5 nitrogen and oxygen atoms in total. The molecule has 1 saturated heterocycles. The van der Waals surface area contributed by atoms with Crippen molar-refractivity contribution in [1.82, 2.24) is 15.5 Å². The van der Waals surface area contributed by atoms with Crippen molar-refractivity contribution in [3.05, 3.63) is 35.1 Å². The molecule has 1 fully saturated rings. The molecule has 1 aliphatic rings. The Labute approximate surface area is 174 Å². The smallest absolute Gasteiger partial charge is 0.352 e. The Hall–Kier alpha value is -2.16. The summed E-state index contributed by atoms with van der Waals surface area (Å²) >= 11 is 0. The van der Waals surface area contributed by atoms with E-state index in [0.29, 0.717) is 44.6 Å². The quantitative estimate of drug-likeness (QED) is 0.464. The molecule has 2 amide bonds. The first-order valence-corrected chi connectivity index (χ1v) is 10.3. The maximum absolute atomic E-state index is 13.5. The molecule has 1 heterocycles. The van der Waals surface area contributed by atoms with Gasteiger partial charge in [-0.2, -0.15) is 13.2 Å². The molecule has 0 spiro atoms. The minimum absolute atomic E-state index is 0.0495. The van der Waals surface area contributed by atoms with E-state index in [-0.39, 0.29) is 23.9 Å². The monoisotopic (exact) mass is 431 g/mol. The Morgan fingerprint density at radius 3 is 2.47 bits per heavy atom. The van der Waals surface area contributed by atoms with E-state index in [0.717, 1.165) is 31.9 Å². The second-order valence-corrected chi connectivity index (χ2v) is 7.64. The van der Waals surface area contributed by atoms with E-state index in [4.69, 9.17) is 0 Å². The van der Waals surface area contributed by atoms with Crippen LogP contribution in [0.15, 0.2) is 18.2 Å². The SMILES string of the molecule is CCCCCNCC(=O)N1CCC(CNC(=O)c2cc(F)cc(C(F)(F)F)c2)CC1. The van der Waals surface area contributed by atoms with Crippen LogP contribution in [-0.4, -0.2) is 49.4 Å². The molecule has 0 unspecified atom stereocenters. The summed E-state index contributed by atoms with van der Waals surface area (Å²) < 4.78 is 51.8. The van der Waals surface area contributed by atoms with E-state index in [9.17, 15) is 27.2 Å². The van der Waals surface area contributed by atoms with Gasteiger partial charge in [-0.05, 0) is 49.9 Å². The predicted octanol–water partition coefficient (Wildman–Crippen LogP) is 3.59. The highest BCUT2D eigenvalue weighted by Gasteiger charge is 2.32. The largest absolute Gasteiger partial charge is 0.416 e. The second kappa shape index (κ2) is 11.3. The molecule has 0 radical (unpaired) electrons. The Morgan fingerprint density at radius 2 is 1.83 bits per heavy atom. The molecule has 2 N–H and O–H groups in total. The van der Waals surface area contributed by atoms with Crippen molar-refractivity contribution in [3.63, 3.8) is 0 Å². The average molecular weight is 431 g/mol. The average Bonchev–Trinajstić information content (AvgIpc) is 2.71. The lowest BCUT2D eigenvalue weighted by atomic mass is 9.96. The van der Waals surface area contributed by atoms with Gasteiger partial charge in [0.05, 0.1) is 12.1 Å². The van der Waals surface area contributed by atoms with Crippen molar-refractivity contribution >= 4 is 11.8 Å². The molecule has 0 bridgehead atoms. The maximum atomic E-state index is 13.5. The van der Waals surface area contributed by atoms with Gasteiger partial charge in [0, 0.05) is 25.2 Å². The van der Waals surface area contributed by atoms with E-state index < -0.39 is 23.5 Å². The van der Waals surface area contributed by atoms with E-state index in [1.165, 1.54) is 0 Å². The highest BCUT2D eigenvalue weighted by Crippen LogP contribution is 2.30. The number of likely N-dealkylation sites (tertiary alicyclic amines) is 1. The zero-order valence-electron chi connectivity index (χ0n) is 17.2. The van der Waals surface area contributed by atoms with Crippen molar-refractivity contribution in [2.45, 2.75) is 45.2 Å². The molecular weight excluding hydrogens is 402 g/mol. The minimum atomic E-state index is -4.72. The molecule has 1 aliphatic heterocycles. The minimum Gasteiger partial charge on any atom is -0.352 e. The Kier molecular flexibility index (Phi) is 9.08. The van der Waals surface area contributed by atoms with Crippen molar-refractivity contribution < 1.29 is 27.2 Å². The van der Waals surface area contributed by atoms with Crippen LogP contribution in [0.4, 0.5) is 17.6 Å². The fourth-order valence-corrected chi connectivity index (χ4v) is 3.42. The number of nitrogens with zero attached hydrogens (tertiary/aromatic N) is 1. The predicted molar refractivity (Wildman–Crippen MR) is 105 cm³/mol. The van der Waals surface area contributed by atoms with Crippen molar-refractivity contribution in [1.29, 1.82) is 0 Å². The van der Waals surface area contributed by atoms with Crippen molar-refractivity contribution in [2.75, 3.05) is 32.7 Å². The van der Waals surface area contributed by atoms with Gasteiger partial charge in [0.25, 0.3) is 5.91 Å². The number of hydrogen-bond donors (Lipinski definition) is 2. The van der Waals surface area contributed by atoms with Gasteiger partial charge in [0.15, 0.2) is 0 Å². The number of rotatable bonds is 9. The summed E-state index contributed by atoms with van der Waals surface area (Å²) in [4.78, 5) is 26.2. The first kappa shape index (κ1) is 24.1. The molecule has 30 heavy (non-hydrogen) atoms. The molecule has 0 aromatic heterocycles. The number of carbonyl (C=O) groups is 2. The number of benzene rings is 1. The van der Waals surface area contributed by atoms with Gasteiger partial charge in [0.1, 0.15) is 5.82 Å². The molecule has 168 valence electrons. The number of nitrogens with one attached hydrogen (secondary N) is 2. The zero-order valence-corrected chi connectivity index (χ0v) is 17.2. The van der Waals surface area contributed by atoms with Crippen LogP contribution in [0.1, 0.15) is 54.9 Å². The molecule has 0 aliphatic carbocycles. The number of unbranched alkanes of at least 4 members (excludes halogenated alkanes) is 2. The molecule has 1 aromatic rings. The van der Waals surface area contributed by atoms with Crippen LogP contribution in [-0.2, 0) is 11.0 Å². The van der Waals surface area contributed by atoms with E-state index >= 15 is 0 Å². The van der Waals surface area contributed by atoms with Crippen LogP contribution in [0.25, 0.3) is 0 Å². The van der Waals surface area contributed by atoms with Crippen LogP contribution in [0.5, 0.6) is 0 Å². The summed E-state index contributed by atoms with van der Waals surface area (Å²) in [6, 6.07) is 1.80. The van der Waals surface area contributed by atoms with Crippen molar-refractivity contribution in [2.24, 2.45) is 5.92 Å². The lowest BCUT2D eigenvalue weighted by Gasteiger charge is -2.32. The van der Waals surface area contributed by atoms with Crippen molar-refractivity contribution in [3.8, 4) is 0 Å². The molecule has 0 saturated carbocycles. The van der Waals surface area contributed by atoms with Gasteiger partial charge in [-0.15, -0.1) is 0 Å². The van der Waals surface area contributed by atoms with E-state index in [1.54, 1.807) is 4.90 Å². The maximum Gasteiger partial charge on any atom is 0.416 e. The summed E-state index contributed by atoms with van der Waals surface area (Å²) in [5, 5.41) is 5.73. The third kappa shape index (κ3) is 7.59. The molecular formula is C21H29F4N3O2. The summed E-state index contributed by atoms with van der Waals surface area (Å²) in [6.45, 7) is 4.68. The van der Waals surface area contributed by atoms with Gasteiger partial charge >= 0.3 is 6.18 Å². The number of piperidine rings is 1. The molecule has 0 atom stereocenters. The molecule has 2 rings (SSSR count).